The van der Waals surface area contributed by atoms with Gasteiger partial charge in [-0.1, -0.05) is 0 Å². The highest BCUT2D eigenvalue weighted by Gasteiger charge is 2.54. The van der Waals surface area contributed by atoms with Crippen LogP contribution in [0, 0.1) is 18.6 Å². The SMILES string of the molecule is Cc1c2c(nn1S(=O)(=O)C1COC1)CN([C@@H]1C[C@H](N)[C@@H](c3cc(F)ccc3F)OC1C(F)(F)F)C2. The van der Waals surface area contributed by atoms with Crippen LogP contribution in [0.15, 0.2) is 18.2 Å². The molecule has 14 heteroatoms. The Labute approximate surface area is 197 Å². The zero-order valence-electron chi connectivity index (χ0n) is 18.5. The van der Waals surface area contributed by atoms with Crippen LogP contribution in [0.25, 0.3) is 0 Å². The highest BCUT2D eigenvalue weighted by atomic mass is 32.2. The van der Waals surface area contributed by atoms with Crippen molar-refractivity contribution in [2.45, 2.75) is 62.2 Å². The van der Waals surface area contributed by atoms with E-state index in [-0.39, 0.29) is 38.3 Å². The molecule has 2 fully saturated rings. The monoisotopic (exact) mass is 522 g/mol. The quantitative estimate of drug-likeness (QED) is 0.615. The Morgan fingerprint density at radius 3 is 2.49 bits per heavy atom. The van der Waals surface area contributed by atoms with E-state index in [1.54, 1.807) is 6.92 Å². The van der Waals surface area contributed by atoms with E-state index in [4.69, 9.17) is 15.2 Å². The van der Waals surface area contributed by atoms with Crippen molar-refractivity contribution in [2.24, 2.45) is 5.73 Å². The molecule has 1 unspecified atom stereocenters. The van der Waals surface area contributed by atoms with E-state index >= 15 is 0 Å². The molecule has 2 saturated heterocycles. The Morgan fingerprint density at radius 1 is 1.17 bits per heavy atom. The van der Waals surface area contributed by atoms with Gasteiger partial charge in [0.2, 0.25) is 0 Å². The van der Waals surface area contributed by atoms with Gasteiger partial charge in [0.05, 0.1) is 24.6 Å². The summed E-state index contributed by atoms with van der Waals surface area (Å²) in [5.74, 6) is -1.72. The van der Waals surface area contributed by atoms with Crippen LogP contribution in [0.5, 0.6) is 0 Å². The summed E-state index contributed by atoms with van der Waals surface area (Å²) < 4.78 is 107. The van der Waals surface area contributed by atoms with E-state index in [9.17, 15) is 30.4 Å². The summed E-state index contributed by atoms with van der Waals surface area (Å²) in [6, 6.07) is 0.205. The fraction of sp³-hybridized carbons (Fsp3) is 0.571. The van der Waals surface area contributed by atoms with Gasteiger partial charge < -0.3 is 15.2 Å². The van der Waals surface area contributed by atoms with Crippen LogP contribution in [0.2, 0.25) is 0 Å². The minimum absolute atomic E-state index is 0.0180. The van der Waals surface area contributed by atoms with E-state index in [2.05, 4.69) is 5.10 Å². The van der Waals surface area contributed by atoms with Crippen molar-refractivity contribution in [2.75, 3.05) is 13.2 Å². The van der Waals surface area contributed by atoms with Crippen LogP contribution in [0.1, 0.15) is 35.0 Å². The molecule has 0 bridgehead atoms. The third-order valence-corrected chi connectivity index (χ3v) is 8.82. The lowest BCUT2D eigenvalue weighted by atomic mass is 9.89. The number of halogens is 5. The number of nitrogens with zero attached hydrogens (tertiary/aromatic N) is 3. The fourth-order valence-electron chi connectivity index (χ4n) is 4.91. The lowest BCUT2D eigenvalue weighted by Gasteiger charge is -2.44. The van der Waals surface area contributed by atoms with Gasteiger partial charge in [-0.25, -0.2) is 17.2 Å². The Kier molecular flexibility index (Phi) is 5.95. The normalized spacial score (nSPS) is 28.2. The molecule has 0 amide bonds. The fourth-order valence-corrected chi connectivity index (χ4v) is 6.43. The van der Waals surface area contributed by atoms with Crippen molar-refractivity contribution in [1.29, 1.82) is 0 Å². The van der Waals surface area contributed by atoms with Gasteiger partial charge >= 0.3 is 6.18 Å². The average molecular weight is 522 g/mol. The number of hydrogen-bond donors (Lipinski definition) is 1. The molecule has 1 aromatic carbocycles. The number of ether oxygens (including phenoxy) is 2. The maximum atomic E-state index is 14.3. The second kappa shape index (κ2) is 8.47. The number of rotatable bonds is 4. The molecule has 0 radical (unpaired) electrons. The van der Waals surface area contributed by atoms with Gasteiger partial charge in [-0.15, -0.1) is 0 Å². The van der Waals surface area contributed by atoms with Crippen molar-refractivity contribution in [1.82, 2.24) is 14.1 Å². The molecule has 4 atom stereocenters. The first-order chi connectivity index (χ1) is 16.4. The van der Waals surface area contributed by atoms with Gasteiger partial charge in [0.1, 0.15) is 23.0 Å². The predicted molar refractivity (Wildman–Crippen MR) is 112 cm³/mol. The van der Waals surface area contributed by atoms with Crippen molar-refractivity contribution in [3.8, 4) is 0 Å². The van der Waals surface area contributed by atoms with Crippen LogP contribution >= 0.6 is 0 Å². The molecule has 3 aliphatic heterocycles. The molecule has 0 aliphatic carbocycles. The van der Waals surface area contributed by atoms with E-state index in [0.717, 1.165) is 22.3 Å². The number of nitrogens with two attached hydrogens (primary N) is 1. The van der Waals surface area contributed by atoms with Gasteiger partial charge in [0.15, 0.2) is 6.10 Å². The molecule has 8 nitrogen and oxygen atoms in total. The number of hydrogen-bond acceptors (Lipinski definition) is 7. The van der Waals surface area contributed by atoms with E-state index in [0.29, 0.717) is 17.0 Å². The highest BCUT2D eigenvalue weighted by Crippen LogP contribution is 2.43. The molecule has 4 heterocycles. The molecule has 192 valence electrons. The number of aromatic nitrogens is 2. The van der Waals surface area contributed by atoms with Gasteiger partial charge in [0, 0.05) is 36.3 Å². The highest BCUT2D eigenvalue weighted by molar-refractivity contribution is 7.90. The van der Waals surface area contributed by atoms with Gasteiger partial charge in [-0.3, -0.25) is 4.90 Å². The van der Waals surface area contributed by atoms with Crippen LogP contribution < -0.4 is 5.73 Å². The van der Waals surface area contributed by atoms with E-state index < -0.39 is 57.4 Å². The second-order valence-electron chi connectivity index (χ2n) is 9.11. The smallest absolute Gasteiger partial charge is 0.378 e. The zero-order chi connectivity index (χ0) is 25.3. The topological polar surface area (TPSA) is 99.7 Å². The van der Waals surface area contributed by atoms with Crippen molar-refractivity contribution in [3.63, 3.8) is 0 Å². The summed E-state index contributed by atoms with van der Waals surface area (Å²) in [5, 5.41) is 3.48. The molecule has 0 saturated carbocycles. The minimum Gasteiger partial charge on any atom is -0.378 e. The summed E-state index contributed by atoms with van der Waals surface area (Å²) in [6.07, 6.45) is -8.82. The zero-order valence-corrected chi connectivity index (χ0v) is 19.3. The van der Waals surface area contributed by atoms with Crippen LogP contribution in [-0.2, 0) is 32.6 Å². The summed E-state index contributed by atoms with van der Waals surface area (Å²) in [6.45, 7) is 1.67. The summed E-state index contributed by atoms with van der Waals surface area (Å²) in [7, 11) is -3.77. The summed E-state index contributed by atoms with van der Waals surface area (Å²) >= 11 is 0. The van der Waals surface area contributed by atoms with Crippen LogP contribution in [-0.4, -0.2) is 65.3 Å². The molecule has 35 heavy (non-hydrogen) atoms. The molecule has 5 rings (SSSR count). The van der Waals surface area contributed by atoms with E-state index in [1.807, 2.05) is 0 Å². The van der Waals surface area contributed by atoms with Crippen molar-refractivity contribution >= 4 is 10.0 Å². The first-order valence-corrected chi connectivity index (χ1v) is 12.4. The van der Waals surface area contributed by atoms with Crippen molar-refractivity contribution < 1.29 is 39.8 Å². The number of alkyl halides is 3. The second-order valence-corrected chi connectivity index (χ2v) is 11.2. The maximum absolute atomic E-state index is 14.3. The summed E-state index contributed by atoms with van der Waals surface area (Å²) in [4.78, 5) is 1.49. The van der Waals surface area contributed by atoms with Gasteiger partial charge in [0.25, 0.3) is 10.0 Å². The van der Waals surface area contributed by atoms with Crippen molar-refractivity contribution in [3.05, 3.63) is 52.3 Å². The van der Waals surface area contributed by atoms with Crippen LogP contribution in [0.4, 0.5) is 22.0 Å². The average Bonchev–Trinajstić information content (AvgIpc) is 3.27. The molecular formula is C21H23F5N4O4S. The first kappa shape index (κ1) is 24.6. The van der Waals surface area contributed by atoms with Gasteiger partial charge in [-0.2, -0.15) is 22.4 Å². The molecule has 1 aromatic heterocycles. The molecule has 2 aromatic rings. The Hall–Kier alpha value is -2.13. The number of benzene rings is 1. The lowest BCUT2D eigenvalue weighted by molar-refractivity contribution is -0.269. The van der Waals surface area contributed by atoms with Crippen LogP contribution in [0.3, 0.4) is 0 Å². The molecule has 0 spiro atoms. The Balaban J connectivity index is 1.40. The molecule has 2 N–H and O–H groups in total. The third-order valence-electron chi connectivity index (χ3n) is 6.87. The third kappa shape index (κ3) is 4.14. The predicted octanol–water partition coefficient (Wildman–Crippen LogP) is 2.15. The van der Waals surface area contributed by atoms with E-state index in [1.165, 1.54) is 4.90 Å². The minimum atomic E-state index is -4.81. The Bertz CT molecular complexity index is 1250. The summed E-state index contributed by atoms with van der Waals surface area (Å²) in [5.41, 5.74) is 6.97. The maximum Gasteiger partial charge on any atom is 0.416 e. The Morgan fingerprint density at radius 2 is 1.89 bits per heavy atom. The first-order valence-electron chi connectivity index (χ1n) is 10.9. The number of fused-ring (bicyclic) bond motifs is 1. The molecule has 3 aliphatic rings. The standard InChI is InChI=1S/C21H23F5N4O4S/c1-10-14-6-29(7-17(14)28-30(10)35(31,32)12-8-33-9-12)18-5-16(27)19(34-20(18)21(24,25)26)13-4-11(22)2-3-15(13)23/h2-4,12,16,18-20H,5-9,27H2,1H3/t16-,18+,19+,20?/m0/s1. The molecular weight excluding hydrogens is 499 g/mol. The lowest BCUT2D eigenvalue weighted by Crippen LogP contribution is -2.58. The van der Waals surface area contributed by atoms with Gasteiger partial charge in [-0.05, 0) is 31.5 Å². The largest absolute Gasteiger partial charge is 0.416 e.